The van der Waals surface area contributed by atoms with Crippen LogP contribution in [0.15, 0.2) is 9.98 Å². The fraction of sp³-hybridized carbons (Fsp3) is 0.600. The summed E-state index contributed by atoms with van der Waals surface area (Å²) < 4.78 is 28.9. The second-order valence-corrected chi connectivity index (χ2v) is 7.03. The highest BCUT2D eigenvalue weighted by Gasteiger charge is 2.32. The summed E-state index contributed by atoms with van der Waals surface area (Å²) in [5, 5.41) is 1.05. The SMILES string of the molecule is CC(C)(C)c1c(F)c(F)c(C(C)(C)C)c2c1=NCN=2. The Hall–Kier alpha value is -1.32. The average Bonchev–Trinajstić information content (AvgIpc) is 2.62. The number of benzene rings is 1. The molecule has 0 atom stereocenters. The zero-order valence-electron chi connectivity index (χ0n) is 12.4. The van der Waals surface area contributed by atoms with Crippen LogP contribution in [0.5, 0.6) is 0 Å². The molecule has 1 heterocycles. The van der Waals surface area contributed by atoms with Crippen molar-refractivity contribution in [3.05, 3.63) is 33.5 Å². The Kier molecular flexibility index (Phi) is 3.03. The van der Waals surface area contributed by atoms with Crippen LogP contribution >= 0.6 is 0 Å². The summed E-state index contributed by atoms with van der Waals surface area (Å²) in [6.07, 6.45) is 0. The molecule has 0 saturated carbocycles. The monoisotopic (exact) mass is 266 g/mol. The molecule has 1 aromatic rings. The van der Waals surface area contributed by atoms with Crippen molar-refractivity contribution < 1.29 is 8.78 Å². The van der Waals surface area contributed by atoms with Gasteiger partial charge in [0.25, 0.3) is 0 Å². The van der Waals surface area contributed by atoms with E-state index in [9.17, 15) is 8.78 Å². The van der Waals surface area contributed by atoms with Gasteiger partial charge in [0.15, 0.2) is 11.6 Å². The molecular formula is C15H20F2N2. The van der Waals surface area contributed by atoms with E-state index in [4.69, 9.17) is 0 Å². The first kappa shape index (κ1) is 14.1. The molecule has 0 aliphatic carbocycles. The molecular weight excluding hydrogens is 246 g/mol. The molecule has 104 valence electrons. The summed E-state index contributed by atoms with van der Waals surface area (Å²) in [7, 11) is 0. The predicted molar refractivity (Wildman–Crippen MR) is 70.9 cm³/mol. The second-order valence-electron chi connectivity index (χ2n) is 7.03. The first-order valence-electron chi connectivity index (χ1n) is 6.46. The van der Waals surface area contributed by atoms with E-state index in [1.165, 1.54) is 0 Å². The summed E-state index contributed by atoms with van der Waals surface area (Å²) in [5.74, 6) is -1.56. The number of fused-ring (bicyclic) bond motifs is 1. The first-order chi connectivity index (χ1) is 8.55. The molecule has 0 spiro atoms. The maximum absolute atomic E-state index is 14.5. The molecule has 0 N–H and O–H groups in total. The van der Waals surface area contributed by atoms with Crippen molar-refractivity contribution >= 4 is 0 Å². The summed E-state index contributed by atoms with van der Waals surface area (Å²) in [5.41, 5.74) is -0.354. The van der Waals surface area contributed by atoms with Crippen molar-refractivity contribution in [2.24, 2.45) is 9.98 Å². The molecule has 1 aliphatic rings. The molecule has 0 bridgehead atoms. The molecule has 2 rings (SSSR count). The van der Waals surface area contributed by atoms with Crippen LogP contribution in [-0.2, 0) is 10.8 Å². The summed E-state index contributed by atoms with van der Waals surface area (Å²) in [4.78, 5) is 8.54. The van der Waals surface area contributed by atoms with Gasteiger partial charge in [0.1, 0.15) is 6.67 Å². The molecule has 0 fully saturated rings. The van der Waals surface area contributed by atoms with Crippen molar-refractivity contribution in [1.82, 2.24) is 0 Å². The molecule has 0 amide bonds. The molecule has 19 heavy (non-hydrogen) atoms. The molecule has 0 unspecified atom stereocenters. The highest BCUT2D eigenvalue weighted by atomic mass is 19.2. The van der Waals surface area contributed by atoms with Crippen LogP contribution in [0, 0.1) is 11.6 Å². The van der Waals surface area contributed by atoms with Crippen molar-refractivity contribution in [3.8, 4) is 0 Å². The topological polar surface area (TPSA) is 24.7 Å². The van der Waals surface area contributed by atoms with E-state index >= 15 is 0 Å². The molecule has 0 saturated heterocycles. The normalized spacial score (nSPS) is 14.9. The van der Waals surface area contributed by atoms with Gasteiger partial charge in [0.2, 0.25) is 0 Å². The lowest BCUT2D eigenvalue weighted by Crippen LogP contribution is -2.41. The van der Waals surface area contributed by atoms with Gasteiger partial charge < -0.3 is 0 Å². The van der Waals surface area contributed by atoms with E-state index in [-0.39, 0.29) is 6.67 Å². The predicted octanol–water partition coefficient (Wildman–Crippen LogP) is 2.77. The van der Waals surface area contributed by atoms with Crippen LogP contribution in [0.1, 0.15) is 52.7 Å². The molecule has 1 aromatic carbocycles. The van der Waals surface area contributed by atoms with Gasteiger partial charge in [-0.1, -0.05) is 41.5 Å². The lowest BCUT2D eigenvalue weighted by molar-refractivity contribution is 0.431. The van der Waals surface area contributed by atoms with Crippen LogP contribution in [0.4, 0.5) is 8.78 Å². The van der Waals surface area contributed by atoms with E-state index < -0.39 is 22.5 Å². The maximum atomic E-state index is 14.5. The van der Waals surface area contributed by atoms with Crippen LogP contribution in [-0.4, -0.2) is 6.67 Å². The largest absolute Gasteiger partial charge is 0.259 e. The second kappa shape index (κ2) is 4.09. The van der Waals surface area contributed by atoms with Crippen LogP contribution in [0.2, 0.25) is 0 Å². The molecule has 1 aliphatic heterocycles. The Morgan fingerprint density at radius 3 is 1.32 bits per heavy atom. The quantitative estimate of drug-likeness (QED) is 0.690. The number of rotatable bonds is 0. The molecule has 2 nitrogen and oxygen atoms in total. The number of hydrogen-bond acceptors (Lipinski definition) is 2. The standard InChI is InChI=1S/C15H20F2N2/c1-14(2,3)8-10(16)11(17)9(15(4,5)6)13-12(8)18-7-19-13/h7H2,1-6H3. The minimum Gasteiger partial charge on any atom is -0.259 e. The van der Waals surface area contributed by atoms with Gasteiger partial charge in [0, 0.05) is 11.1 Å². The van der Waals surface area contributed by atoms with E-state index in [0.717, 1.165) is 0 Å². The Labute approximate surface area is 112 Å². The molecule has 0 radical (unpaired) electrons. The zero-order valence-corrected chi connectivity index (χ0v) is 12.4. The fourth-order valence-corrected chi connectivity index (χ4v) is 2.52. The lowest BCUT2D eigenvalue weighted by Gasteiger charge is -2.25. The van der Waals surface area contributed by atoms with Gasteiger partial charge in [-0.05, 0) is 10.8 Å². The number of hydrogen-bond donors (Lipinski definition) is 0. The minimum atomic E-state index is -0.781. The van der Waals surface area contributed by atoms with Crippen LogP contribution in [0.25, 0.3) is 0 Å². The molecule has 4 heteroatoms. The Morgan fingerprint density at radius 2 is 1.05 bits per heavy atom. The van der Waals surface area contributed by atoms with Crippen molar-refractivity contribution in [2.45, 2.75) is 52.4 Å². The summed E-state index contributed by atoms with van der Waals surface area (Å²) in [6.45, 7) is 11.4. The average molecular weight is 266 g/mol. The van der Waals surface area contributed by atoms with Gasteiger partial charge in [-0.3, -0.25) is 9.98 Å². The van der Waals surface area contributed by atoms with E-state index in [2.05, 4.69) is 9.98 Å². The zero-order chi connectivity index (χ0) is 14.6. The smallest absolute Gasteiger partial charge is 0.165 e. The minimum absolute atomic E-state index is 0.254. The van der Waals surface area contributed by atoms with Gasteiger partial charge in [-0.25, -0.2) is 8.78 Å². The van der Waals surface area contributed by atoms with Crippen LogP contribution < -0.4 is 10.7 Å². The summed E-state index contributed by atoms with van der Waals surface area (Å²) >= 11 is 0. The Morgan fingerprint density at radius 1 is 0.737 bits per heavy atom. The highest BCUT2D eigenvalue weighted by Crippen LogP contribution is 2.28. The third kappa shape index (κ3) is 2.17. The van der Waals surface area contributed by atoms with Gasteiger partial charge in [0.05, 0.1) is 10.7 Å². The fourth-order valence-electron chi connectivity index (χ4n) is 2.52. The number of nitrogens with zero attached hydrogens (tertiary/aromatic N) is 2. The molecule has 0 aromatic heterocycles. The number of halogens is 2. The lowest BCUT2D eigenvalue weighted by atomic mass is 9.80. The Balaban J connectivity index is 3.00. The summed E-state index contributed by atoms with van der Waals surface area (Å²) in [6, 6.07) is 0. The van der Waals surface area contributed by atoms with Crippen molar-refractivity contribution in [1.29, 1.82) is 0 Å². The van der Waals surface area contributed by atoms with E-state index in [0.29, 0.717) is 21.8 Å². The Bertz CT molecular complexity index is 590. The first-order valence-corrected chi connectivity index (χ1v) is 6.46. The third-order valence-corrected chi connectivity index (χ3v) is 3.29. The van der Waals surface area contributed by atoms with E-state index in [1.54, 1.807) is 0 Å². The van der Waals surface area contributed by atoms with Crippen LogP contribution in [0.3, 0.4) is 0 Å². The highest BCUT2D eigenvalue weighted by molar-refractivity contribution is 5.34. The van der Waals surface area contributed by atoms with Crippen molar-refractivity contribution in [3.63, 3.8) is 0 Å². The third-order valence-electron chi connectivity index (χ3n) is 3.29. The van der Waals surface area contributed by atoms with Gasteiger partial charge >= 0.3 is 0 Å². The van der Waals surface area contributed by atoms with Gasteiger partial charge in [-0.15, -0.1) is 0 Å². The maximum Gasteiger partial charge on any atom is 0.165 e. The van der Waals surface area contributed by atoms with Crippen molar-refractivity contribution in [2.75, 3.05) is 6.67 Å². The van der Waals surface area contributed by atoms with E-state index in [1.807, 2.05) is 41.5 Å². The van der Waals surface area contributed by atoms with Gasteiger partial charge in [-0.2, -0.15) is 0 Å².